The van der Waals surface area contributed by atoms with Gasteiger partial charge in [-0.05, 0) is 50.5 Å². The lowest BCUT2D eigenvalue weighted by Crippen LogP contribution is -2.13. The van der Waals surface area contributed by atoms with Crippen LogP contribution in [0.4, 0.5) is 0 Å². The zero-order valence-corrected chi connectivity index (χ0v) is 11.2. The molecular weight excluding hydrogens is 234 g/mol. The number of carbonyl (C=O) groups is 1. The van der Waals surface area contributed by atoms with Crippen molar-refractivity contribution >= 4 is 17.7 Å². The molecule has 0 aliphatic rings. The van der Waals surface area contributed by atoms with Gasteiger partial charge >= 0.3 is 5.97 Å². The average Bonchev–Trinajstić information content (AvgIpc) is 2.29. The maximum absolute atomic E-state index is 10.7. The summed E-state index contributed by atoms with van der Waals surface area (Å²) in [5.41, 5.74) is 1.54. The molecule has 0 fully saturated rings. The number of carboxylic acids is 1. The summed E-state index contributed by atoms with van der Waals surface area (Å²) in [6, 6.07) is 7.11. The minimum Gasteiger partial charge on any atom is -0.478 e. The second kappa shape index (κ2) is 7.35. The third-order valence-corrected chi connectivity index (χ3v) is 3.48. The standard InChI is InChI=1S/C13H19NO2S/c1-14(2)8-3-9-17-10-11-4-6-12(7-5-11)13(15)16/h4-7H,3,8-10H2,1-2H3,(H,15,16). The summed E-state index contributed by atoms with van der Waals surface area (Å²) in [5.74, 6) is 1.22. The predicted molar refractivity (Wildman–Crippen MR) is 72.7 cm³/mol. The Labute approximate surface area is 107 Å². The number of benzene rings is 1. The first kappa shape index (κ1) is 14.1. The maximum Gasteiger partial charge on any atom is 0.335 e. The van der Waals surface area contributed by atoms with E-state index in [0.717, 1.165) is 18.1 Å². The van der Waals surface area contributed by atoms with Crippen LogP contribution in [0.2, 0.25) is 0 Å². The van der Waals surface area contributed by atoms with Gasteiger partial charge in [-0.15, -0.1) is 0 Å². The van der Waals surface area contributed by atoms with Gasteiger partial charge in [0.25, 0.3) is 0 Å². The minimum atomic E-state index is -0.866. The van der Waals surface area contributed by atoms with Crippen LogP contribution in [0.1, 0.15) is 22.3 Å². The van der Waals surface area contributed by atoms with Gasteiger partial charge in [-0.2, -0.15) is 11.8 Å². The Kier molecular flexibility index (Phi) is 6.08. The molecule has 0 saturated carbocycles. The second-order valence-electron chi connectivity index (χ2n) is 4.21. The van der Waals surface area contributed by atoms with E-state index in [-0.39, 0.29) is 0 Å². The number of thioether (sulfide) groups is 1. The Morgan fingerprint density at radius 3 is 2.47 bits per heavy atom. The van der Waals surface area contributed by atoms with Crippen LogP contribution in [0.25, 0.3) is 0 Å². The molecule has 3 nitrogen and oxygen atoms in total. The fraction of sp³-hybridized carbons (Fsp3) is 0.462. The van der Waals surface area contributed by atoms with E-state index in [9.17, 15) is 4.79 Å². The molecule has 0 amide bonds. The summed E-state index contributed by atoms with van der Waals surface area (Å²) in [5, 5.41) is 8.76. The summed E-state index contributed by atoms with van der Waals surface area (Å²) in [7, 11) is 4.16. The number of rotatable bonds is 7. The van der Waals surface area contributed by atoms with E-state index < -0.39 is 5.97 Å². The zero-order valence-electron chi connectivity index (χ0n) is 10.3. The van der Waals surface area contributed by atoms with Crippen molar-refractivity contribution in [3.05, 3.63) is 35.4 Å². The molecule has 4 heteroatoms. The molecule has 0 aromatic heterocycles. The Morgan fingerprint density at radius 2 is 1.94 bits per heavy atom. The highest BCUT2D eigenvalue weighted by atomic mass is 32.2. The third-order valence-electron chi connectivity index (χ3n) is 2.36. The molecule has 94 valence electrons. The van der Waals surface area contributed by atoms with E-state index in [2.05, 4.69) is 19.0 Å². The Bertz CT molecular complexity index is 349. The van der Waals surface area contributed by atoms with Crippen molar-refractivity contribution in [1.82, 2.24) is 4.90 Å². The summed E-state index contributed by atoms with van der Waals surface area (Å²) in [6.07, 6.45) is 1.19. The van der Waals surface area contributed by atoms with Gasteiger partial charge in [0.05, 0.1) is 5.56 Å². The largest absolute Gasteiger partial charge is 0.478 e. The van der Waals surface area contributed by atoms with Crippen LogP contribution in [0, 0.1) is 0 Å². The van der Waals surface area contributed by atoms with Crippen molar-refractivity contribution in [2.24, 2.45) is 0 Å². The van der Waals surface area contributed by atoms with Crippen molar-refractivity contribution in [2.45, 2.75) is 12.2 Å². The molecule has 1 N–H and O–H groups in total. The van der Waals surface area contributed by atoms with Crippen molar-refractivity contribution < 1.29 is 9.90 Å². The monoisotopic (exact) mass is 253 g/mol. The lowest BCUT2D eigenvalue weighted by molar-refractivity contribution is 0.0697. The maximum atomic E-state index is 10.7. The van der Waals surface area contributed by atoms with Gasteiger partial charge in [0.2, 0.25) is 0 Å². The third kappa shape index (κ3) is 5.75. The van der Waals surface area contributed by atoms with Gasteiger partial charge in [-0.1, -0.05) is 12.1 Å². The molecule has 1 aromatic carbocycles. The van der Waals surface area contributed by atoms with Crippen LogP contribution in [-0.2, 0) is 5.75 Å². The van der Waals surface area contributed by atoms with Gasteiger partial charge in [0.15, 0.2) is 0 Å². The number of nitrogens with zero attached hydrogens (tertiary/aromatic N) is 1. The first-order valence-corrected chi connectivity index (χ1v) is 6.80. The average molecular weight is 253 g/mol. The first-order valence-electron chi connectivity index (χ1n) is 5.64. The number of hydrogen-bond acceptors (Lipinski definition) is 3. The smallest absolute Gasteiger partial charge is 0.335 e. The Balaban J connectivity index is 2.25. The van der Waals surface area contributed by atoms with E-state index >= 15 is 0 Å². The molecule has 0 heterocycles. The topological polar surface area (TPSA) is 40.5 Å². The lowest BCUT2D eigenvalue weighted by Gasteiger charge is -2.08. The molecule has 1 rings (SSSR count). The van der Waals surface area contributed by atoms with Gasteiger partial charge < -0.3 is 10.0 Å². The summed E-state index contributed by atoms with van der Waals surface area (Å²) in [4.78, 5) is 12.8. The molecule has 1 aromatic rings. The highest BCUT2D eigenvalue weighted by molar-refractivity contribution is 7.98. The van der Waals surface area contributed by atoms with E-state index in [1.807, 2.05) is 23.9 Å². The summed E-state index contributed by atoms with van der Waals surface area (Å²) in [6.45, 7) is 1.12. The Hall–Kier alpha value is -1.00. The van der Waals surface area contributed by atoms with Crippen molar-refractivity contribution in [2.75, 3.05) is 26.4 Å². The van der Waals surface area contributed by atoms with Crippen molar-refractivity contribution in [3.63, 3.8) is 0 Å². The second-order valence-corrected chi connectivity index (χ2v) is 5.32. The van der Waals surface area contributed by atoms with E-state index in [0.29, 0.717) is 5.56 Å². The van der Waals surface area contributed by atoms with Gasteiger partial charge in [-0.3, -0.25) is 0 Å². The van der Waals surface area contributed by atoms with E-state index in [1.54, 1.807) is 12.1 Å². The fourth-order valence-electron chi connectivity index (χ4n) is 1.42. The quantitative estimate of drug-likeness (QED) is 0.758. The Morgan fingerprint density at radius 1 is 1.29 bits per heavy atom. The summed E-state index contributed by atoms with van der Waals surface area (Å²) < 4.78 is 0. The van der Waals surface area contributed by atoms with Crippen LogP contribution in [0.5, 0.6) is 0 Å². The molecule has 0 bridgehead atoms. The highest BCUT2D eigenvalue weighted by Gasteiger charge is 2.01. The van der Waals surface area contributed by atoms with Crippen LogP contribution in [0.3, 0.4) is 0 Å². The van der Waals surface area contributed by atoms with Crippen LogP contribution >= 0.6 is 11.8 Å². The first-order chi connectivity index (χ1) is 8.09. The number of hydrogen-bond donors (Lipinski definition) is 1. The van der Waals surface area contributed by atoms with Crippen LogP contribution < -0.4 is 0 Å². The number of aromatic carboxylic acids is 1. The predicted octanol–water partition coefficient (Wildman–Crippen LogP) is 2.57. The van der Waals surface area contributed by atoms with Crippen LogP contribution in [0.15, 0.2) is 24.3 Å². The normalized spacial score (nSPS) is 10.8. The van der Waals surface area contributed by atoms with E-state index in [1.165, 1.54) is 12.0 Å². The highest BCUT2D eigenvalue weighted by Crippen LogP contribution is 2.14. The van der Waals surface area contributed by atoms with E-state index in [4.69, 9.17) is 5.11 Å². The van der Waals surface area contributed by atoms with Crippen LogP contribution in [-0.4, -0.2) is 42.4 Å². The SMILES string of the molecule is CN(C)CCCSCc1ccc(C(=O)O)cc1. The summed E-state index contributed by atoms with van der Waals surface area (Å²) >= 11 is 1.89. The van der Waals surface area contributed by atoms with Gasteiger partial charge in [-0.25, -0.2) is 4.79 Å². The van der Waals surface area contributed by atoms with Gasteiger partial charge in [0, 0.05) is 5.75 Å². The minimum absolute atomic E-state index is 0.353. The van der Waals surface area contributed by atoms with Crippen molar-refractivity contribution in [1.29, 1.82) is 0 Å². The molecule has 17 heavy (non-hydrogen) atoms. The molecule has 0 radical (unpaired) electrons. The molecule has 0 saturated heterocycles. The van der Waals surface area contributed by atoms with Gasteiger partial charge in [0.1, 0.15) is 0 Å². The molecule has 0 atom stereocenters. The molecule has 0 spiro atoms. The number of carboxylic acid groups (broad SMARTS) is 1. The molecule has 0 unspecified atom stereocenters. The lowest BCUT2D eigenvalue weighted by atomic mass is 10.1. The van der Waals surface area contributed by atoms with Crippen molar-refractivity contribution in [3.8, 4) is 0 Å². The zero-order chi connectivity index (χ0) is 12.7. The molecule has 0 aliphatic heterocycles. The molecule has 0 aliphatic carbocycles. The molecular formula is C13H19NO2S. The fourth-order valence-corrected chi connectivity index (χ4v) is 2.32.